The van der Waals surface area contributed by atoms with Crippen molar-refractivity contribution < 1.29 is 14.6 Å². The van der Waals surface area contributed by atoms with Crippen LogP contribution in [0.2, 0.25) is 0 Å². The van der Waals surface area contributed by atoms with Gasteiger partial charge in [-0.05, 0) is 25.5 Å². The van der Waals surface area contributed by atoms with Crippen LogP contribution in [-0.4, -0.2) is 19.3 Å². The molecular formula is C13H18O3. The van der Waals surface area contributed by atoms with Crippen molar-refractivity contribution in [1.29, 1.82) is 0 Å². The first-order valence-electron chi connectivity index (χ1n) is 5.23. The van der Waals surface area contributed by atoms with E-state index >= 15 is 0 Å². The maximum atomic E-state index is 9.39. The molecule has 0 aliphatic heterocycles. The molecule has 1 aromatic carbocycles. The molecule has 0 heterocycles. The van der Waals surface area contributed by atoms with E-state index in [9.17, 15) is 5.11 Å². The number of rotatable bonds is 5. The van der Waals surface area contributed by atoms with Crippen LogP contribution in [0, 0.1) is 0 Å². The molecule has 0 saturated heterocycles. The number of hydrogen-bond donors (Lipinski definition) is 1. The van der Waals surface area contributed by atoms with E-state index in [-0.39, 0.29) is 6.61 Å². The van der Waals surface area contributed by atoms with Gasteiger partial charge in [0.25, 0.3) is 0 Å². The zero-order valence-electron chi connectivity index (χ0n) is 9.99. The fourth-order valence-corrected chi connectivity index (χ4v) is 1.67. The molecule has 0 spiro atoms. The Balaban J connectivity index is 3.24. The van der Waals surface area contributed by atoms with E-state index in [0.29, 0.717) is 5.75 Å². The number of aliphatic hydroxyl groups is 1. The third kappa shape index (κ3) is 2.55. The van der Waals surface area contributed by atoms with Crippen LogP contribution in [0.3, 0.4) is 0 Å². The van der Waals surface area contributed by atoms with E-state index in [1.54, 1.807) is 14.2 Å². The van der Waals surface area contributed by atoms with Crippen LogP contribution in [0.4, 0.5) is 0 Å². The van der Waals surface area contributed by atoms with E-state index in [1.165, 1.54) is 0 Å². The van der Waals surface area contributed by atoms with Crippen molar-refractivity contribution in [1.82, 2.24) is 0 Å². The molecule has 3 heteroatoms. The molecule has 16 heavy (non-hydrogen) atoms. The predicted octanol–water partition coefficient (Wildman–Crippen LogP) is 2.31. The number of methoxy groups -OCH3 is 2. The van der Waals surface area contributed by atoms with Gasteiger partial charge >= 0.3 is 0 Å². The summed E-state index contributed by atoms with van der Waals surface area (Å²) in [5.41, 5.74) is 1.77. The second-order valence-electron chi connectivity index (χ2n) is 3.36. The Kier molecular flexibility index (Phi) is 4.86. The average Bonchev–Trinajstić information content (AvgIpc) is 2.34. The summed E-state index contributed by atoms with van der Waals surface area (Å²) in [6.07, 6.45) is 4.73. The molecule has 0 aliphatic rings. The lowest BCUT2D eigenvalue weighted by Crippen LogP contribution is -2.01. The highest BCUT2D eigenvalue weighted by atomic mass is 16.5. The molecule has 0 aromatic heterocycles. The lowest BCUT2D eigenvalue weighted by Gasteiger charge is -2.14. The largest absolute Gasteiger partial charge is 0.496 e. The molecule has 0 saturated carbocycles. The lowest BCUT2D eigenvalue weighted by atomic mass is 10.0. The number of aliphatic hydroxyl groups excluding tert-OH is 1. The second-order valence-corrected chi connectivity index (χ2v) is 3.36. The van der Waals surface area contributed by atoms with Crippen molar-refractivity contribution in [3.05, 3.63) is 35.4 Å². The highest BCUT2D eigenvalue weighted by molar-refractivity contribution is 5.49. The minimum atomic E-state index is -0.0484. The second kappa shape index (κ2) is 6.18. The van der Waals surface area contributed by atoms with E-state index in [1.807, 2.05) is 31.2 Å². The molecule has 0 fully saturated rings. The maximum Gasteiger partial charge on any atom is 0.124 e. The van der Waals surface area contributed by atoms with Gasteiger partial charge in [-0.15, -0.1) is 0 Å². The van der Waals surface area contributed by atoms with Crippen LogP contribution >= 0.6 is 0 Å². The molecular weight excluding hydrogens is 204 g/mol. The van der Waals surface area contributed by atoms with Crippen LogP contribution in [0.25, 0.3) is 0 Å². The van der Waals surface area contributed by atoms with Crippen LogP contribution in [0.5, 0.6) is 11.5 Å². The zero-order chi connectivity index (χ0) is 12.0. The Bertz CT molecular complexity index is 370. The summed E-state index contributed by atoms with van der Waals surface area (Å²) in [6.45, 7) is 1.92. The summed E-state index contributed by atoms with van der Waals surface area (Å²) in [7, 11) is 3.22. The number of ether oxygens (including phenoxy) is 2. The van der Waals surface area contributed by atoms with Crippen LogP contribution in [0.1, 0.15) is 18.1 Å². The number of benzene rings is 1. The van der Waals surface area contributed by atoms with Gasteiger partial charge in [0.1, 0.15) is 11.5 Å². The normalized spacial score (nSPS) is 10.8. The first-order chi connectivity index (χ1) is 7.78. The minimum Gasteiger partial charge on any atom is -0.496 e. The summed E-state index contributed by atoms with van der Waals surface area (Å²) in [5, 5.41) is 9.39. The van der Waals surface area contributed by atoms with Gasteiger partial charge in [-0.25, -0.2) is 0 Å². The molecule has 3 nitrogen and oxygen atoms in total. The highest BCUT2D eigenvalue weighted by Crippen LogP contribution is 2.31. The quantitative estimate of drug-likeness (QED) is 0.777. The van der Waals surface area contributed by atoms with Crippen LogP contribution in [0.15, 0.2) is 24.3 Å². The van der Waals surface area contributed by atoms with Gasteiger partial charge in [0.15, 0.2) is 0 Å². The number of allylic oxidation sites excluding steroid dienone is 2. The minimum absolute atomic E-state index is 0.0484. The van der Waals surface area contributed by atoms with Crippen molar-refractivity contribution in [2.75, 3.05) is 14.2 Å². The van der Waals surface area contributed by atoms with E-state index in [4.69, 9.17) is 9.47 Å². The summed E-state index contributed by atoms with van der Waals surface area (Å²) >= 11 is 0. The van der Waals surface area contributed by atoms with Gasteiger partial charge in [0, 0.05) is 11.1 Å². The van der Waals surface area contributed by atoms with Crippen molar-refractivity contribution >= 4 is 0 Å². The molecule has 0 unspecified atom stereocenters. The fraction of sp³-hybridized carbons (Fsp3) is 0.385. The Morgan fingerprint density at radius 1 is 1.12 bits per heavy atom. The summed E-state index contributed by atoms with van der Waals surface area (Å²) in [4.78, 5) is 0. The monoisotopic (exact) mass is 222 g/mol. The molecule has 1 N–H and O–H groups in total. The molecule has 0 amide bonds. The van der Waals surface area contributed by atoms with Gasteiger partial charge in [-0.1, -0.05) is 12.2 Å². The van der Waals surface area contributed by atoms with Crippen LogP contribution in [-0.2, 0) is 13.0 Å². The van der Waals surface area contributed by atoms with E-state index in [2.05, 4.69) is 0 Å². The Hall–Kier alpha value is -1.48. The summed E-state index contributed by atoms with van der Waals surface area (Å²) in [6, 6.07) is 3.67. The van der Waals surface area contributed by atoms with Gasteiger partial charge < -0.3 is 14.6 Å². The topological polar surface area (TPSA) is 38.7 Å². The summed E-state index contributed by atoms with van der Waals surface area (Å²) < 4.78 is 10.5. The Morgan fingerprint density at radius 3 is 2.12 bits per heavy atom. The third-order valence-electron chi connectivity index (χ3n) is 2.50. The average molecular weight is 222 g/mol. The lowest BCUT2D eigenvalue weighted by molar-refractivity contribution is 0.271. The smallest absolute Gasteiger partial charge is 0.124 e. The predicted molar refractivity (Wildman–Crippen MR) is 64.0 cm³/mol. The van der Waals surface area contributed by atoms with Crippen LogP contribution < -0.4 is 9.47 Å². The van der Waals surface area contributed by atoms with Gasteiger partial charge in [0.2, 0.25) is 0 Å². The molecule has 0 radical (unpaired) electrons. The van der Waals surface area contributed by atoms with Gasteiger partial charge in [-0.3, -0.25) is 0 Å². The molecule has 0 aliphatic carbocycles. The SMILES string of the molecule is C/C=C\Cc1c(OC)ccc(OC)c1CO. The standard InChI is InChI=1S/C13H18O3/c1-4-5-6-10-11(9-14)13(16-3)8-7-12(10)15-2/h4-5,7-8,14H,6,9H2,1-3H3/b5-4-. The molecule has 1 aromatic rings. The molecule has 0 bridgehead atoms. The summed E-state index contributed by atoms with van der Waals surface area (Å²) in [5.74, 6) is 1.48. The highest BCUT2D eigenvalue weighted by Gasteiger charge is 2.12. The van der Waals surface area contributed by atoms with Crippen molar-refractivity contribution in [2.45, 2.75) is 20.0 Å². The Morgan fingerprint density at radius 2 is 1.69 bits per heavy atom. The first kappa shape index (κ1) is 12.6. The third-order valence-corrected chi connectivity index (χ3v) is 2.50. The van der Waals surface area contributed by atoms with Gasteiger partial charge in [0.05, 0.1) is 20.8 Å². The molecule has 0 atom stereocenters. The van der Waals surface area contributed by atoms with Crippen molar-refractivity contribution in [3.63, 3.8) is 0 Å². The van der Waals surface area contributed by atoms with E-state index in [0.717, 1.165) is 23.3 Å². The first-order valence-corrected chi connectivity index (χ1v) is 5.23. The number of hydrogen-bond acceptors (Lipinski definition) is 3. The zero-order valence-corrected chi connectivity index (χ0v) is 9.99. The van der Waals surface area contributed by atoms with Crippen molar-refractivity contribution in [2.24, 2.45) is 0 Å². The fourth-order valence-electron chi connectivity index (χ4n) is 1.67. The van der Waals surface area contributed by atoms with Crippen molar-refractivity contribution in [3.8, 4) is 11.5 Å². The van der Waals surface area contributed by atoms with Gasteiger partial charge in [-0.2, -0.15) is 0 Å². The van der Waals surface area contributed by atoms with E-state index < -0.39 is 0 Å². The maximum absolute atomic E-state index is 9.39. The molecule has 1 rings (SSSR count). The Labute approximate surface area is 96.3 Å². The molecule has 88 valence electrons.